The van der Waals surface area contributed by atoms with Crippen molar-refractivity contribution in [2.75, 3.05) is 0 Å². The van der Waals surface area contributed by atoms with Gasteiger partial charge in [-0.15, -0.1) is 0 Å². The van der Waals surface area contributed by atoms with E-state index in [-0.39, 0.29) is 6.54 Å². The molecule has 0 aliphatic heterocycles. The fourth-order valence-electron chi connectivity index (χ4n) is 1.65. The standard InChI is InChI=1S/C11H14F3N5/c1-7-8(5-16-19(7)2)4-15-6-9-3-10(18-17-9)11(12,13)14/h3,5,15H,4,6H2,1-2H3,(H,17,18). The van der Waals surface area contributed by atoms with Gasteiger partial charge in [0.15, 0.2) is 5.69 Å². The van der Waals surface area contributed by atoms with Crippen molar-refractivity contribution in [1.29, 1.82) is 0 Å². The molecule has 2 aromatic heterocycles. The van der Waals surface area contributed by atoms with Crippen molar-refractivity contribution < 1.29 is 13.2 Å². The molecule has 5 nitrogen and oxygen atoms in total. The first-order chi connectivity index (χ1) is 8.88. The number of alkyl halides is 3. The Morgan fingerprint density at radius 2 is 2.11 bits per heavy atom. The molecule has 8 heteroatoms. The molecule has 0 spiro atoms. The molecule has 0 saturated heterocycles. The minimum Gasteiger partial charge on any atom is -0.307 e. The summed E-state index contributed by atoms with van der Waals surface area (Å²) in [6.45, 7) is 2.76. The highest BCUT2D eigenvalue weighted by Gasteiger charge is 2.33. The van der Waals surface area contributed by atoms with E-state index in [9.17, 15) is 13.2 Å². The number of H-pyrrole nitrogens is 1. The number of nitrogens with one attached hydrogen (secondary N) is 2. The highest BCUT2D eigenvalue weighted by Crippen LogP contribution is 2.27. The van der Waals surface area contributed by atoms with Crippen LogP contribution in [-0.2, 0) is 26.3 Å². The number of aryl methyl sites for hydroxylation is 1. The lowest BCUT2D eigenvalue weighted by molar-refractivity contribution is -0.141. The number of rotatable bonds is 4. The van der Waals surface area contributed by atoms with E-state index in [1.54, 1.807) is 10.9 Å². The predicted octanol–water partition coefficient (Wildman–Crippen LogP) is 1.76. The second-order valence-electron chi connectivity index (χ2n) is 4.26. The van der Waals surface area contributed by atoms with Gasteiger partial charge in [-0.3, -0.25) is 9.78 Å². The lowest BCUT2D eigenvalue weighted by atomic mass is 10.2. The zero-order valence-electron chi connectivity index (χ0n) is 10.5. The molecule has 0 aliphatic rings. The molecule has 0 unspecified atom stereocenters. The molecule has 19 heavy (non-hydrogen) atoms. The lowest BCUT2D eigenvalue weighted by Gasteiger charge is -2.02. The summed E-state index contributed by atoms with van der Waals surface area (Å²) in [5.74, 6) is 0. The average Bonchev–Trinajstić information content (AvgIpc) is 2.90. The van der Waals surface area contributed by atoms with Crippen LogP contribution in [0.1, 0.15) is 22.6 Å². The molecule has 0 aliphatic carbocycles. The van der Waals surface area contributed by atoms with Crippen molar-refractivity contribution in [3.8, 4) is 0 Å². The second kappa shape index (κ2) is 5.04. The van der Waals surface area contributed by atoms with Gasteiger partial charge < -0.3 is 5.32 Å². The number of aromatic nitrogens is 4. The Bertz CT molecular complexity index is 555. The first-order valence-electron chi connectivity index (χ1n) is 5.67. The molecule has 2 heterocycles. The molecule has 0 fully saturated rings. The third kappa shape index (κ3) is 3.14. The summed E-state index contributed by atoms with van der Waals surface area (Å²) in [6.07, 6.45) is -2.68. The van der Waals surface area contributed by atoms with E-state index in [0.717, 1.165) is 17.3 Å². The maximum absolute atomic E-state index is 12.3. The van der Waals surface area contributed by atoms with E-state index in [1.807, 2.05) is 14.0 Å². The van der Waals surface area contributed by atoms with Crippen LogP contribution in [0.25, 0.3) is 0 Å². The molecule has 0 radical (unpaired) electrons. The monoisotopic (exact) mass is 273 g/mol. The predicted molar refractivity (Wildman–Crippen MR) is 62.1 cm³/mol. The van der Waals surface area contributed by atoms with Crippen molar-refractivity contribution in [2.24, 2.45) is 7.05 Å². The molecule has 2 aromatic rings. The minimum atomic E-state index is -4.41. The molecule has 0 bridgehead atoms. The number of halogens is 3. The molecule has 0 aromatic carbocycles. The topological polar surface area (TPSA) is 58.5 Å². The van der Waals surface area contributed by atoms with E-state index in [0.29, 0.717) is 12.2 Å². The number of hydrogen-bond acceptors (Lipinski definition) is 3. The van der Waals surface area contributed by atoms with Gasteiger partial charge in [0, 0.05) is 37.1 Å². The van der Waals surface area contributed by atoms with Gasteiger partial charge in [0.1, 0.15) is 0 Å². The van der Waals surface area contributed by atoms with Gasteiger partial charge in [-0.25, -0.2) is 0 Å². The third-order valence-electron chi connectivity index (χ3n) is 2.89. The van der Waals surface area contributed by atoms with Crippen LogP contribution in [0.3, 0.4) is 0 Å². The molecule has 0 atom stereocenters. The van der Waals surface area contributed by atoms with Gasteiger partial charge in [0.05, 0.1) is 6.20 Å². The van der Waals surface area contributed by atoms with Crippen molar-refractivity contribution in [1.82, 2.24) is 25.3 Å². The largest absolute Gasteiger partial charge is 0.435 e. The van der Waals surface area contributed by atoms with Crippen molar-refractivity contribution >= 4 is 0 Å². The Kier molecular flexibility index (Phi) is 3.61. The fraction of sp³-hybridized carbons (Fsp3) is 0.455. The molecule has 2 N–H and O–H groups in total. The SMILES string of the molecule is Cc1c(CNCc2cc(C(F)(F)F)n[nH]2)cnn1C. The van der Waals surface area contributed by atoms with Gasteiger partial charge in [0.2, 0.25) is 0 Å². The van der Waals surface area contributed by atoms with Crippen LogP contribution in [0.4, 0.5) is 13.2 Å². The summed E-state index contributed by atoms with van der Waals surface area (Å²) in [4.78, 5) is 0. The quantitative estimate of drug-likeness (QED) is 0.892. The third-order valence-corrected chi connectivity index (χ3v) is 2.89. The minimum absolute atomic E-state index is 0.289. The van der Waals surface area contributed by atoms with E-state index >= 15 is 0 Å². The molecule has 0 amide bonds. The van der Waals surface area contributed by atoms with Crippen LogP contribution < -0.4 is 5.32 Å². The fourth-order valence-corrected chi connectivity index (χ4v) is 1.65. The first-order valence-corrected chi connectivity index (χ1v) is 5.67. The Hall–Kier alpha value is -1.83. The van der Waals surface area contributed by atoms with E-state index in [4.69, 9.17) is 0 Å². The molecular formula is C11H14F3N5. The first kappa shape index (κ1) is 13.6. The van der Waals surface area contributed by atoms with Crippen LogP contribution in [0, 0.1) is 6.92 Å². The van der Waals surface area contributed by atoms with Gasteiger partial charge in [-0.1, -0.05) is 0 Å². The Morgan fingerprint density at radius 3 is 2.63 bits per heavy atom. The van der Waals surface area contributed by atoms with Crippen LogP contribution >= 0.6 is 0 Å². The molecule has 0 saturated carbocycles. The normalized spacial score (nSPS) is 12.1. The number of hydrogen-bond donors (Lipinski definition) is 2. The zero-order valence-corrected chi connectivity index (χ0v) is 10.5. The van der Waals surface area contributed by atoms with Gasteiger partial charge in [-0.2, -0.15) is 23.4 Å². The zero-order chi connectivity index (χ0) is 14.0. The second-order valence-corrected chi connectivity index (χ2v) is 4.26. The van der Waals surface area contributed by atoms with Crippen LogP contribution in [0.15, 0.2) is 12.3 Å². The maximum atomic E-state index is 12.3. The van der Waals surface area contributed by atoms with Crippen molar-refractivity contribution in [2.45, 2.75) is 26.2 Å². The molecular weight excluding hydrogens is 259 g/mol. The van der Waals surface area contributed by atoms with Crippen LogP contribution in [0.2, 0.25) is 0 Å². The Morgan fingerprint density at radius 1 is 1.37 bits per heavy atom. The lowest BCUT2D eigenvalue weighted by Crippen LogP contribution is -2.13. The summed E-state index contributed by atoms with van der Waals surface area (Å²) >= 11 is 0. The summed E-state index contributed by atoms with van der Waals surface area (Å²) in [7, 11) is 1.84. The Balaban J connectivity index is 1.89. The highest BCUT2D eigenvalue weighted by molar-refractivity contribution is 5.16. The summed E-state index contributed by atoms with van der Waals surface area (Å²) < 4.78 is 38.7. The smallest absolute Gasteiger partial charge is 0.307 e. The number of aromatic amines is 1. The van der Waals surface area contributed by atoms with E-state index in [2.05, 4.69) is 20.6 Å². The summed E-state index contributed by atoms with van der Waals surface area (Å²) in [6, 6.07) is 1.00. The van der Waals surface area contributed by atoms with Crippen molar-refractivity contribution in [3.05, 3.63) is 34.9 Å². The summed E-state index contributed by atoms with van der Waals surface area (Å²) in [5, 5.41) is 12.7. The molecule has 104 valence electrons. The van der Waals surface area contributed by atoms with Crippen LogP contribution in [-0.4, -0.2) is 20.0 Å². The molecule has 2 rings (SSSR count). The van der Waals surface area contributed by atoms with Crippen molar-refractivity contribution in [3.63, 3.8) is 0 Å². The van der Waals surface area contributed by atoms with Gasteiger partial charge >= 0.3 is 6.18 Å². The van der Waals surface area contributed by atoms with E-state index in [1.165, 1.54) is 0 Å². The number of nitrogens with zero attached hydrogens (tertiary/aromatic N) is 3. The maximum Gasteiger partial charge on any atom is 0.435 e. The van der Waals surface area contributed by atoms with Gasteiger partial charge in [0.25, 0.3) is 0 Å². The van der Waals surface area contributed by atoms with Gasteiger partial charge in [-0.05, 0) is 13.0 Å². The summed E-state index contributed by atoms with van der Waals surface area (Å²) in [5.41, 5.74) is 1.53. The average molecular weight is 273 g/mol. The highest BCUT2D eigenvalue weighted by atomic mass is 19.4. The van der Waals surface area contributed by atoms with Crippen LogP contribution in [0.5, 0.6) is 0 Å². The van der Waals surface area contributed by atoms with E-state index < -0.39 is 11.9 Å². The Labute approximate surface area is 107 Å².